The molecule has 1 aromatic carbocycles. The molecule has 2 unspecified atom stereocenters. The van der Waals surface area contributed by atoms with Crippen molar-refractivity contribution in [2.75, 3.05) is 7.05 Å². The summed E-state index contributed by atoms with van der Waals surface area (Å²) in [6.07, 6.45) is 7.11. The molecule has 1 N–H and O–H groups in total. The SMILES string of the molecule is CNC1CCCCC(Cc2cc(F)ccc2Cl)C1. The fourth-order valence-corrected chi connectivity index (χ4v) is 3.11. The van der Waals surface area contributed by atoms with Crippen molar-refractivity contribution in [2.45, 2.75) is 44.6 Å². The Balaban J connectivity index is 2.04. The van der Waals surface area contributed by atoms with Crippen molar-refractivity contribution in [3.63, 3.8) is 0 Å². The van der Waals surface area contributed by atoms with Gasteiger partial charge in [0.15, 0.2) is 0 Å². The van der Waals surface area contributed by atoms with Crippen molar-refractivity contribution in [2.24, 2.45) is 5.92 Å². The minimum Gasteiger partial charge on any atom is -0.317 e. The van der Waals surface area contributed by atoms with Crippen LogP contribution in [0.4, 0.5) is 4.39 Å². The van der Waals surface area contributed by atoms with Crippen LogP contribution >= 0.6 is 11.6 Å². The highest BCUT2D eigenvalue weighted by Crippen LogP contribution is 2.29. The van der Waals surface area contributed by atoms with Crippen LogP contribution in [0.5, 0.6) is 0 Å². The highest BCUT2D eigenvalue weighted by atomic mass is 35.5. The van der Waals surface area contributed by atoms with Gasteiger partial charge in [-0.05, 0) is 56.0 Å². The lowest BCUT2D eigenvalue weighted by Crippen LogP contribution is -2.26. The van der Waals surface area contributed by atoms with Gasteiger partial charge in [0.1, 0.15) is 5.82 Å². The molecule has 0 heterocycles. The molecule has 2 rings (SSSR count). The molecule has 1 fully saturated rings. The molecule has 0 amide bonds. The maximum atomic E-state index is 13.3. The number of halogens is 2. The molecule has 3 heteroatoms. The Labute approximate surface area is 114 Å². The molecule has 0 saturated heterocycles. The summed E-state index contributed by atoms with van der Waals surface area (Å²) in [5.41, 5.74) is 0.957. The van der Waals surface area contributed by atoms with Gasteiger partial charge < -0.3 is 5.32 Å². The summed E-state index contributed by atoms with van der Waals surface area (Å²) in [6, 6.07) is 5.28. The van der Waals surface area contributed by atoms with Crippen LogP contribution < -0.4 is 5.32 Å². The number of benzene rings is 1. The van der Waals surface area contributed by atoms with E-state index in [0.29, 0.717) is 17.0 Å². The molecule has 2 atom stereocenters. The molecule has 1 aromatic rings. The minimum atomic E-state index is -0.187. The Morgan fingerprint density at radius 3 is 2.89 bits per heavy atom. The lowest BCUT2D eigenvalue weighted by atomic mass is 9.91. The van der Waals surface area contributed by atoms with Crippen molar-refractivity contribution < 1.29 is 4.39 Å². The van der Waals surface area contributed by atoms with Gasteiger partial charge in [0, 0.05) is 11.1 Å². The van der Waals surface area contributed by atoms with Gasteiger partial charge in [-0.1, -0.05) is 30.9 Å². The van der Waals surface area contributed by atoms with Gasteiger partial charge in [-0.15, -0.1) is 0 Å². The largest absolute Gasteiger partial charge is 0.317 e. The van der Waals surface area contributed by atoms with E-state index in [0.717, 1.165) is 12.0 Å². The van der Waals surface area contributed by atoms with E-state index in [9.17, 15) is 4.39 Å². The highest BCUT2D eigenvalue weighted by molar-refractivity contribution is 6.31. The number of hydrogen-bond acceptors (Lipinski definition) is 1. The molecule has 100 valence electrons. The van der Waals surface area contributed by atoms with E-state index in [2.05, 4.69) is 5.32 Å². The van der Waals surface area contributed by atoms with Gasteiger partial charge in [0.2, 0.25) is 0 Å². The maximum Gasteiger partial charge on any atom is 0.123 e. The fourth-order valence-electron chi connectivity index (χ4n) is 2.92. The molecule has 1 saturated carbocycles. The van der Waals surface area contributed by atoms with Crippen molar-refractivity contribution >= 4 is 11.6 Å². The van der Waals surface area contributed by atoms with E-state index < -0.39 is 0 Å². The maximum absolute atomic E-state index is 13.3. The first-order chi connectivity index (χ1) is 8.69. The second kappa shape index (κ2) is 6.53. The van der Waals surface area contributed by atoms with Crippen LogP contribution in [0.15, 0.2) is 18.2 Å². The Morgan fingerprint density at radius 2 is 2.11 bits per heavy atom. The Morgan fingerprint density at radius 1 is 1.33 bits per heavy atom. The number of hydrogen-bond donors (Lipinski definition) is 1. The second-order valence-electron chi connectivity index (χ2n) is 5.31. The first kappa shape index (κ1) is 13.8. The van der Waals surface area contributed by atoms with Gasteiger partial charge in [0.05, 0.1) is 0 Å². The van der Waals surface area contributed by atoms with Gasteiger partial charge >= 0.3 is 0 Å². The van der Waals surface area contributed by atoms with E-state index in [1.165, 1.54) is 38.2 Å². The molecule has 0 aliphatic heterocycles. The molecule has 0 bridgehead atoms. The predicted molar refractivity (Wildman–Crippen MR) is 74.5 cm³/mol. The number of rotatable bonds is 3. The summed E-state index contributed by atoms with van der Waals surface area (Å²) >= 11 is 6.14. The summed E-state index contributed by atoms with van der Waals surface area (Å²) in [7, 11) is 2.03. The summed E-state index contributed by atoms with van der Waals surface area (Å²) in [5, 5.41) is 4.07. The van der Waals surface area contributed by atoms with Crippen LogP contribution in [0.3, 0.4) is 0 Å². The third-order valence-electron chi connectivity index (χ3n) is 3.96. The standard InChI is InChI=1S/C15H21ClFN/c1-18-14-5-3-2-4-11(9-14)8-12-10-13(17)6-7-15(12)16/h6-7,10-11,14,18H,2-5,8-9H2,1H3. The summed E-state index contributed by atoms with van der Waals surface area (Å²) < 4.78 is 13.3. The molecule has 1 aliphatic carbocycles. The van der Waals surface area contributed by atoms with Crippen molar-refractivity contribution in [3.8, 4) is 0 Å². The first-order valence-corrected chi connectivity index (χ1v) is 7.18. The van der Waals surface area contributed by atoms with E-state index in [1.54, 1.807) is 12.1 Å². The summed E-state index contributed by atoms with van der Waals surface area (Å²) in [6.45, 7) is 0. The molecule has 0 radical (unpaired) electrons. The van der Waals surface area contributed by atoms with Crippen LogP contribution in [0.1, 0.15) is 37.7 Å². The van der Waals surface area contributed by atoms with Crippen molar-refractivity contribution in [3.05, 3.63) is 34.6 Å². The lowest BCUT2D eigenvalue weighted by Gasteiger charge is -2.20. The Kier molecular flexibility index (Phi) is 5.02. The van der Waals surface area contributed by atoms with Gasteiger partial charge in [-0.2, -0.15) is 0 Å². The molecule has 18 heavy (non-hydrogen) atoms. The molecule has 0 spiro atoms. The smallest absolute Gasteiger partial charge is 0.123 e. The van der Waals surface area contributed by atoms with Crippen LogP contribution in [0.25, 0.3) is 0 Å². The van der Waals surface area contributed by atoms with E-state index in [4.69, 9.17) is 11.6 Å². The molecular formula is C15H21ClFN. The fraction of sp³-hybridized carbons (Fsp3) is 0.600. The quantitative estimate of drug-likeness (QED) is 0.812. The van der Waals surface area contributed by atoms with E-state index in [-0.39, 0.29) is 5.82 Å². The minimum absolute atomic E-state index is 0.187. The lowest BCUT2D eigenvalue weighted by molar-refractivity contribution is 0.400. The average Bonchev–Trinajstić information content (AvgIpc) is 2.59. The van der Waals surface area contributed by atoms with Gasteiger partial charge in [-0.3, -0.25) is 0 Å². The molecule has 1 aliphatic rings. The van der Waals surface area contributed by atoms with Crippen LogP contribution in [0.2, 0.25) is 5.02 Å². The van der Waals surface area contributed by atoms with Gasteiger partial charge in [0.25, 0.3) is 0 Å². The highest BCUT2D eigenvalue weighted by Gasteiger charge is 2.20. The Bertz CT molecular complexity index is 394. The molecule has 1 nitrogen and oxygen atoms in total. The van der Waals surface area contributed by atoms with E-state index >= 15 is 0 Å². The van der Waals surface area contributed by atoms with Gasteiger partial charge in [-0.25, -0.2) is 4.39 Å². The monoisotopic (exact) mass is 269 g/mol. The number of nitrogens with one attached hydrogen (secondary N) is 1. The second-order valence-corrected chi connectivity index (χ2v) is 5.72. The first-order valence-electron chi connectivity index (χ1n) is 6.80. The summed E-state index contributed by atoms with van der Waals surface area (Å²) in [4.78, 5) is 0. The van der Waals surface area contributed by atoms with Crippen LogP contribution in [0, 0.1) is 11.7 Å². The topological polar surface area (TPSA) is 12.0 Å². The third kappa shape index (κ3) is 3.69. The average molecular weight is 270 g/mol. The Hall–Kier alpha value is -0.600. The van der Waals surface area contributed by atoms with Crippen molar-refractivity contribution in [1.29, 1.82) is 0 Å². The van der Waals surface area contributed by atoms with Crippen LogP contribution in [-0.4, -0.2) is 13.1 Å². The van der Waals surface area contributed by atoms with E-state index in [1.807, 2.05) is 7.05 Å². The third-order valence-corrected chi connectivity index (χ3v) is 4.33. The predicted octanol–water partition coefficient (Wildman–Crippen LogP) is 4.19. The summed E-state index contributed by atoms with van der Waals surface area (Å²) in [5.74, 6) is 0.428. The zero-order chi connectivity index (χ0) is 13.0. The zero-order valence-corrected chi connectivity index (χ0v) is 11.6. The zero-order valence-electron chi connectivity index (χ0n) is 10.9. The van der Waals surface area contributed by atoms with Crippen molar-refractivity contribution in [1.82, 2.24) is 5.32 Å². The molecular weight excluding hydrogens is 249 g/mol. The van der Waals surface area contributed by atoms with Crippen LogP contribution in [-0.2, 0) is 6.42 Å². The molecule has 0 aromatic heterocycles. The normalized spacial score (nSPS) is 24.8.